The fraction of sp³-hybridized carbons (Fsp3) is 0.500. The van der Waals surface area contributed by atoms with E-state index in [1.807, 2.05) is 6.92 Å². The number of aromatic nitrogens is 2. The van der Waals surface area contributed by atoms with E-state index in [0.717, 1.165) is 5.56 Å². The second-order valence-corrected chi connectivity index (χ2v) is 3.22. The summed E-state index contributed by atoms with van der Waals surface area (Å²) in [5.74, 6) is 0.526. The summed E-state index contributed by atoms with van der Waals surface area (Å²) in [4.78, 5) is 7.72. The van der Waals surface area contributed by atoms with Gasteiger partial charge in [0.05, 0.1) is 19.3 Å². The van der Waals surface area contributed by atoms with Crippen LogP contribution in [0.15, 0.2) is 6.20 Å². The van der Waals surface area contributed by atoms with Crippen LogP contribution in [0.1, 0.15) is 5.56 Å². The van der Waals surface area contributed by atoms with Crippen molar-refractivity contribution in [3.63, 3.8) is 0 Å². The number of aliphatic hydroxyl groups is 2. The van der Waals surface area contributed by atoms with Crippen LogP contribution in [0.2, 0.25) is 5.28 Å². The predicted molar refractivity (Wildman–Crippen MR) is 53.4 cm³/mol. The first-order chi connectivity index (χ1) is 6.67. The zero-order valence-electron chi connectivity index (χ0n) is 7.74. The molecule has 14 heavy (non-hydrogen) atoms. The molecule has 0 saturated heterocycles. The molecule has 0 aliphatic rings. The van der Waals surface area contributed by atoms with Gasteiger partial charge in [-0.25, -0.2) is 9.97 Å². The van der Waals surface area contributed by atoms with E-state index in [1.165, 1.54) is 0 Å². The maximum atomic E-state index is 8.85. The van der Waals surface area contributed by atoms with E-state index >= 15 is 0 Å². The second-order valence-electron chi connectivity index (χ2n) is 2.88. The minimum atomic E-state index is -0.431. The molecule has 5 nitrogen and oxygen atoms in total. The molecule has 0 aliphatic heterocycles. The molecule has 78 valence electrons. The number of aliphatic hydroxyl groups excluding tert-OH is 2. The molecule has 0 atom stereocenters. The van der Waals surface area contributed by atoms with Gasteiger partial charge in [-0.3, -0.25) is 0 Å². The van der Waals surface area contributed by atoms with Gasteiger partial charge in [0.1, 0.15) is 5.82 Å². The van der Waals surface area contributed by atoms with Crippen LogP contribution in [0.3, 0.4) is 0 Å². The second kappa shape index (κ2) is 5.09. The highest BCUT2D eigenvalue weighted by molar-refractivity contribution is 6.28. The SMILES string of the molecule is Cc1cnc(Cl)nc1NC(CO)CO. The summed E-state index contributed by atoms with van der Waals surface area (Å²) >= 11 is 5.60. The molecule has 0 bridgehead atoms. The third kappa shape index (κ3) is 2.80. The van der Waals surface area contributed by atoms with Gasteiger partial charge in [0.25, 0.3) is 0 Å². The van der Waals surface area contributed by atoms with Gasteiger partial charge in [-0.15, -0.1) is 0 Å². The number of nitrogens with one attached hydrogen (secondary N) is 1. The number of halogens is 1. The summed E-state index contributed by atoms with van der Waals surface area (Å²) in [5.41, 5.74) is 0.807. The lowest BCUT2D eigenvalue weighted by atomic mass is 10.3. The van der Waals surface area contributed by atoms with Crippen molar-refractivity contribution in [3.05, 3.63) is 17.0 Å². The van der Waals surface area contributed by atoms with Gasteiger partial charge >= 0.3 is 0 Å². The highest BCUT2D eigenvalue weighted by Gasteiger charge is 2.08. The quantitative estimate of drug-likeness (QED) is 0.629. The van der Waals surface area contributed by atoms with Crippen LogP contribution in [0.4, 0.5) is 5.82 Å². The largest absolute Gasteiger partial charge is 0.394 e. The fourth-order valence-corrected chi connectivity index (χ4v) is 1.04. The maximum absolute atomic E-state index is 8.85. The summed E-state index contributed by atoms with van der Waals surface area (Å²) in [6, 6.07) is -0.431. The highest BCUT2D eigenvalue weighted by Crippen LogP contribution is 2.13. The number of anilines is 1. The van der Waals surface area contributed by atoms with Crippen molar-refractivity contribution in [2.24, 2.45) is 0 Å². The van der Waals surface area contributed by atoms with Gasteiger partial charge in [0.15, 0.2) is 0 Å². The molecule has 1 rings (SSSR count). The van der Waals surface area contributed by atoms with Crippen molar-refractivity contribution in [3.8, 4) is 0 Å². The molecule has 0 unspecified atom stereocenters. The van der Waals surface area contributed by atoms with E-state index in [1.54, 1.807) is 6.20 Å². The van der Waals surface area contributed by atoms with Crippen molar-refractivity contribution in [1.29, 1.82) is 0 Å². The Labute approximate surface area is 86.8 Å². The third-order valence-corrected chi connectivity index (χ3v) is 1.91. The number of rotatable bonds is 4. The van der Waals surface area contributed by atoms with Crippen LogP contribution in [-0.2, 0) is 0 Å². The summed E-state index contributed by atoms with van der Waals surface area (Å²) in [6.07, 6.45) is 1.57. The molecule has 0 amide bonds. The third-order valence-electron chi connectivity index (χ3n) is 1.72. The summed E-state index contributed by atoms with van der Waals surface area (Å²) in [6.45, 7) is 1.47. The molecule has 0 fully saturated rings. The Balaban J connectivity index is 2.79. The van der Waals surface area contributed by atoms with Gasteiger partial charge in [0, 0.05) is 11.8 Å². The average Bonchev–Trinajstić information content (AvgIpc) is 2.19. The Morgan fingerprint density at radius 3 is 2.71 bits per heavy atom. The van der Waals surface area contributed by atoms with Crippen molar-refractivity contribution < 1.29 is 10.2 Å². The van der Waals surface area contributed by atoms with Crippen molar-refractivity contribution in [1.82, 2.24) is 9.97 Å². The average molecular weight is 218 g/mol. The molecule has 1 heterocycles. The van der Waals surface area contributed by atoms with Gasteiger partial charge in [-0.05, 0) is 18.5 Å². The Kier molecular flexibility index (Phi) is 4.06. The molecule has 0 radical (unpaired) electrons. The summed E-state index contributed by atoms with van der Waals surface area (Å²) < 4.78 is 0. The van der Waals surface area contributed by atoms with E-state index in [9.17, 15) is 0 Å². The lowest BCUT2D eigenvalue weighted by Crippen LogP contribution is -2.28. The van der Waals surface area contributed by atoms with E-state index < -0.39 is 6.04 Å². The van der Waals surface area contributed by atoms with Crippen LogP contribution in [-0.4, -0.2) is 39.4 Å². The molecular weight excluding hydrogens is 206 g/mol. The zero-order chi connectivity index (χ0) is 10.6. The van der Waals surface area contributed by atoms with Crippen LogP contribution in [0.5, 0.6) is 0 Å². The molecule has 1 aromatic rings. The summed E-state index contributed by atoms with van der Waals surface area (Å²) in [5, 5.41) is 20.7. The van der Waals surface area contributed by atoms with Crippen molar-refractivity contribution >= 4 is 17.4 Å². The minimum Gasteiger partial charge on any atom is -0.394 e. The van der Waals surface area contributed by atoms with Crippen LogP contribution in [0.25, 0.3) is 0 Å². The normalized spacial score (nSPS) is 10.6. The molecule has 3 N–H and O–H groups in total. The Morgan fingerprint density at radius 1 is 1.50 bits per heavy atom. The molecule has 0 spiro atoms. The highest BCUT2D eigenvalue weighted by atomic mass is 35.5. The smallest absolute Gasteiger partial charge is 0.224 e. The topological polar surface area (TPSA) is 78.3 Å². The zero-order valence-corrected chi connectivity index (χ0v) is 8.49. The Hall–Kier alpha value is -0.910. The molecule has 0 aliphatic carbocycles. The van der Waals surface area contributed by atoms with Gasteiger partial charge in [-0.2, -0.15) is 0 Å². The number of aryl methyl sites for hydroxylation is 1. The molecule has 1 aromatic heterocycles. The van der Waals surface area contributed by atoms with Crippen molar-refractivity contribution in [2.45, 2.75) is 13.0 Å². The first kappa shape index (κ1) is 11.2. The first-order valence-corrected chi connectivity index (χ1v) is 4.52. The molecule has 0 aromatic carbocycles. The minimum absolute atomic E-state index is 0.132. The van der Waals surface area contributed by atoms with Gasteiger partial charge in [0.2, 0.25) is 5.28 Å². The number of hydrogen-bond donors (Lipinski definition) is 3. The lowest BCUT2D eigenvalue weighted by Gasteiger charge is -2.15. The van der Waals surface area contributed by atoms with Crippen LogP contribution < -0.4 is 5.32 Å². The van der Waals surface area contributed by atoms with Crippen molar-refractivity contribution in [2.75, 3.05) is 18.5 Å². The van der Waals surface area contributed by atoms with Crippen LogP contribution in [0, 0.1) is 6.92 Å². The predicted octanol–water partition coefficient (Wildman–Crippen LogP) is 0.204. The van der Waals surface area contributed by atoms with E-state index in [4.69, 9.17) is 21.8 Å². The monoisotopic (exact) mass is 217 g/mol. The number of hydrogen-bond acceptors (Lipinski definition) is 5. The van der Waals surface area contributed by atoms with Gasteiger partial charge < -0.3 is 15.5 Å². The van der Waals surface area contributed by atoms with E-state index in [0.29, 0.717) is 5.82 Å². The summed E-state index contributed by atoms with van der Waals surface area (Å²) in [7, 11) is 0. The molecule has 0 saturated carbocycles. The Morgan fingerprint density at radius 2 is 2.14 bits per heavy atom. The molecule has 6 heteroatoms. The van der Waals surface area contributed by atoms with Gasteiger partial charge in [-0.1, -0.05) is 0 Å². The maximum Gasteiger partial charge on any atom is 0.224 e. The Bertz CT molecular complexity index is 305. The fourth-order valence-electron chi connectivity index (χ4n) is 0.909. The van der Waals surface area contributed by atoms with E-state index in [2.05, 4.69) is 15.3 Å². The standard InChI is InChI=1S/C8H12ClN3O2/c1-5-2-10-8(9)12-7(5)11-6(3-13)4-14/h2,6,13-14H,3-4H2,1H3,(H,10,11,12). The first-order valence-electron chi connectivity index (χ1n) is 4.14. The van der Waals surface area contributed by atoms with E-state index in [-0.39, 0.29) is 18.5 Å². The van der Waals surface area contributed by atoms with Crippen LogP contribution >= 0.6 is 11.6 Å². The number of nitrogens with zero attached hydrogens (tertiary/aromatic N) is 2. The lowest BCUT2D eigenvalue weighted by molar-refractivity contribution is 0.203. The molecular formula is C8H12ClN3O2.